The first-order valence-corrected chi connectivity index (χ1v) is 7.17. The number of fused-ring (bicyclic) bond motifs is 1. The van der Waals surface area contributed by atoms with Crippen LogP contribution in [0.3, 0.4) is 0 Å². The Morgan fingerprint density at radius 1 is 1.20 bits per heavy atom. The lowest BCUT2D eigenvalue weighted by Crippen LogP contribution is -2.15. The quantitative estimate of drug-likeness (QED) is 0.391. The molecular formula is C14H14N4OS. The Morgan fingerprint density at radius 3 is 2.80 bits per heavy atom. The maximum atomic E-state index is 8.57. The summed E-state index contributed by atoms with van der Waals surface area (Å²) in [6.45, 7) is 0. The smallest absolute Gasteiger partial charge is 0.190 e. The average molecular weight is 286 g/mol. The minimum atomic E-state index is -0.0356. The minimum Gasteiger partial charge on any atom is -0.409 e. The van der Waals surface area contributed by atoms with Gasteiger partial charge in [-0.25, -0.2) is 9.97 Å². The second kappa shape index (κ2) is 5.50. The van der Waals surface area contributed by atoms with E-state index in [1.165, 1.54) is 30.2 Å². The van der Waals surface area contributed by atoms with E-state index in [1.807, 2.05) is 0 Å². The summed E-state index contributed by atoms with van der Waals surface area (Å²) < 4.78 is 0. The number of amidine groups is 1. The molecule has 0 fully saturated rings. The molecule has 0 unspecified atom stereocenters. The summed E-state index contributed by atoms with van der Waals surface area (Å²) in [7, 11) is 0. The number of hydrogen-bond acceptors (Lipinski definition) is 5. The number of aromatic nitrogens is 2. The van der Waals surface area contributed by atoms with E-state index in [4.69, 9.17) is 10.9 Å². The number of nitrogens with zero attached hydrogens (tertiary/aromatic N) is 3. The number of oxime groups is 1. The molecule has 0 bridgehead atoms. The first-order chi connectivity index (χ1) is 9.76. The molecule has 0 amide bonds. The van der Waals surface area contributed by atoms with E-state index in [-0.39, 0.29) is 5.84 Å². The Balaban J connectivity index is 1.78. The van der Waals surface area contributed by atoms with Crippen molar-refractivity contribution in [3.63, 3.8) is 0 Å². The minimum absolute atomic E-state index is 0.0356. The highest BCUT2D eigenvalue weighted by molar-refractivity contribution is 7.99. The molecule has 20 heavy (non-hydrogen) atoms. The van der Waals surface area contributed by atoms with Crippen LogP contribution in [-0.4, -0.2) is 21.0 Å². The molecule has 3 rings (SSSR count). The predicted octanol–water partition coefficient (Wildman–Crippen LogP) is 2.21. The van der Waals surface area contributed by atoms with Crippen molar-refractivity contribution in [3.8, 4) is 0 Å². The van der Waals surface area contributed by atoms with Crippen LogP contribution in [0.1, 0.15) is 23.2 Å². The van der Waals surface area contributed by atoms with E-state index in [1.54, 1.807) is 18.0 Å². The third kappa shape index (κ3) is 2.60. The molecule has 0 radical (unpaired) electrons. The molecule has 0 spiro atoms. The van der Waals surface area contributed by atoms with Crippen LogP contribution in [0.5, 0.6) is 0 Å². The van der Waals surface area contributed by atoms with Crippen molar-refractivity contribution in [3.05, 3.63) is 47.4 Å². The fourth-order valence-corrected chi connectivity index (χ4v) is 3.07. The lowest BCUT2D eigenvalue weighted by Gasteiger charge is -2.04. The van der Waals surface area contributed by atoms with Crippen LogP contribution in [0.25, 0.3) is 0 Å². The molecule has 1 aromatic carbocycles. The van der Waals surface area contributed by atoms with E-state index in [2.05, 4.69) is 33.3 Å². The van der Waals surface area contributed by atoms with Crippen LogP contribution >= 0.6 is 11.8 Å². The fourth-order valence-electron chi connectivity index (χ4n) is 2.28. The van der Waals surface area contributed by atoms with E-state index in [0.717, 1.165) is 16.3 Å². The molecule has 0 aliphatic heterocycles. The number of aryl methyl sites for hydroxylation is 2. The van der Waals surface area contributed by atoms with E-state index < -0.39 is 0 Å². The van der Waals surface area contributed by atoms with Gasteiger partial charge in [-0.05, 0) is 42.5 Å². The third-order valence-electron chi connectivity index (χ3n) is 3.29. The third-order valence-corrected chi connectivity index (χ3v) is 4.20. The van der Waals surface area contributed by atoms with E-state index >= 15 is 0 Å². The number of nitrogens with two attached hydrogens (primary N) is 1. The van der Waals surface area contributed by atoms with Crippen LogP contribution in [0.4, 0.5) is 0 Å². The number of hydrogen-bond donors (Lipinski definition) is 2. The Kier molecular flexibility index (Phi) is 3.56. The van der Waals surface area contributed by atoms with Gasteiger partial charge in [0, 0.05) is 4.90 Å². The zero-order valence-corrected chi connectivity index (χ0v) is 11.6. The Labute approximate surface area is 120 Å². The first kappa shape index (κ1) is 12.9. The van der Waals surface area contributed by atoms with Gasteiger partial charge in [-0.3, -0.25) is 0 Å². The van der Waals surface area contributed by atoms with Gasteiger partial charge in [0.25, 0.3) is 0 Å². The molecule has 1 aromatic heterocycles. The highest BCUT2D eigenvalue weighted by Crippen LogP contribution is 2.30. The molecule has 1 heterocycles. The van der Waals surface area contributed by atoms with Crippen LogP contribution in [-0.2, 0) is 12.8 Å². The van der Waals surface area contributed by atoms with Gasteiger partial charge in [0.2, 0.25) is 0 Å². The molecule has 0 atom stereocenters. The van der Waals surface area contributed by atoms with Gasteiger partial charge >= 0.3 is 0 Å². The lowest BCUT2D eigenvalue weighted by atomic mass is 10.1. The molecule has 6 heteroatoms. The lowest BCUT2D eigenvalue weighted by molar-refractivity contribution is 0.318. The number of benzene rings is 1. The standard InChI is InChI=1S/C14H14N4OS/c15-14(18-19)12-7-17-13(8-16-12)20-11-5-4-9-2-1-3-10(9)6-11/h4-8,19H,1-3H2,(H2,15,18). The summed E-state index contributed by atoms with van der Waals surface area (Å²) in [5.41, 5.74) is 8.72. The molecule has 1 aliphatic carbocycles. The van der Waals surface area contributed by atoms with E-state index in [9.17, 15) is 0 Å². The van der Waals surface area contributed by atoms with Crippen molar-refractivity contribution < 1.29 is 5.21 Å². The van der Waals surface area contributed by atoms with Gasteiger partial charge in [0.1, 0.15) is 10.7 Å². The van der Waals surface area contributed by atoms with Crippen LogP contribution in [0.2, 0.25) is 0 Å². The summed E-state index contributed by atoms with van der Waals surface area (Å²) in [5, 5.41) is 12.3. The SMILES string of the molecule is NC(=NO)c1cnc(Sc2ccc3c(c2)CCC3)cn1. The van der Waals surface area contributed by atoms with Crippen molar-refractivity contribution in [2.45, 2.75) is 29.2 Å². The van der Waals surface area contributed by atoms with Gasteiger partial charge in [0.05, 0.1) is 12.4 Å². The molecular weight excluding hydrogens is 272 g/mol. The molecule has 5 nitrogen and oxygen atoms in total. The van der Waals surface area contributed by atoms with Crippen LogP contribution < -0.4 is 5.73 Å². The van der Waals surface area contributed by atoms with Crippen molar-refractivity contribution in [1.82, 2.24) is 9.97 Å². The van der Waals surface area contributed by atoms with Gasteiger partial charge in [-0.2, -0.15) is 0 Å². The zero-order chi connectivity index (χ0) is 13.9. The van der Waals surface area contributed by atoms with Crippen molar-refractivity contribution >= 4 is 17.6 Å². The zero-order valence-electron chi connectivity index (χ0n) is 10.8. The normalized spacial score (nSPS) is 14.3. The van der Waals surface area contributed by atoms with Gasteiger partial charge in [0.15, 0.2) is 5.84 Å². The highest BCUT2D eigenvalue weighted by atomic mass is 32.2. The molecule has 2 aromatic rings. The monoisotopic (exact) mass is 286 g/mol. The summed E-state index contributed by atoms with van der Waals surface area (Å²) >= 11 is 1.56. The highest BCUT2D eigenvalue weighted by Gasteiger charge is 2.11. The first-order valence-electron chi connectivity index (χ1n) is 6.36. The topological polar surface area (TPSA) is 84.4 Å². The van der Waals surface area contributed by atoms with Crippen LogP contribution in [0.15, 0.2) is 45.7 Å². The molecule has 102 valence electrons. The summed E-state index contributed by atoms with van der Waals surface area (Å²) in [4.78, 5) is 9.55. The second-order valence-corrected chi connectivity index (χ2v) is 5.71. The average Bonchev–Trinajstić information content (AvgIpc) is 2.95. The maximum absolute atomic E-state index is 8.57. The van der Waals surface area contributed by atoms with E-state index in [0.29, 0.717) is 5.69 Å². The van der Waals surface area contributed by atoms with Crippen molar-refractivity contribution in [2.24, 2.45) is 10.9 Å². The summed E-state index contributed by atoms with van der Waals surface area (Å²) in [6, 6.07) is 6.54. The van der Waals surface area contributed by atoms with Gasteiger partial charge in [-0.15, -0.1) is 0 Å². The fraction of sp³-hybridized carbons (Fsp3) is 0.214. The molecule has 1 aliphatic rings. The second-order valence-electron chi connectivity index (χ2n) is 4.61. The maximum Gasteiger partial charge on any atom is 0.190 e. The van der Waals surface area contributed by atoms with Crippen molar-refractivity contribution in [2.75, 3.05) is 0 Å². The summed E-state index contributed by atoms with van der Waals surface area (Å²) in [6.07, 6.45) is 6.74. The largest absolute Gasteiger partial charge is 0.409 e. The van der Waals surface area contributed by atoms with Crippen LogP contribution in [0, 0.1) is 0 Å². The van der Waals surface area contributed by atoms with Gasteiger partial charge in [-0.1, -0.05) is 23.0 Å². The van der Waals surface area contributed by atoms with Crippen molar-refractivity contribution in [1.29, 1.82) is 0 Å². The Hall–Kier alpha value is -2.08. The molecule has 3 N–H and O–H groups in total. The molecule has 0 saturated heterocycles. The predicted molar refractivity (Wildman–Crippen MR) is 77.1 cm³/mol. The Morgan fingerprint density at radius 2 is 2.05 bits per heavy atom. The summed E-state index contributed by atoms with van der Waals surface area (Å²) in [5.74, 6) is -0.0356. The Bertz CT molecular complexity index is 655. The molecule has 0 saturated carbocycles. The van der Waals surface area contributed by atoms with Gasteiger partial charge < -0.3 is 10.9 Å². The number of rotatable bonds is 3.